The summed E-state index contributed by atoms with van der Waals surface area (Å²) in [5, 5.41) is 4.51. The van der Waals surface area contributed by atoms with Gasteiger partial charge in [-0.2, -0.15) is 5.10 Å². The number of nitrogens with zero attached hydrogens (tertiary/aromatic N) is 3. The first kappa shape index (κ1) is 15.6. The van der Waals surface area contributed by atoms with Gasteiger partial charge in [0.2, 0.25) is 0 Å². The smallest absolute Gasteiger partial charge is 0.0524 e. The quantitative estimate of drug-likeness (QED) is 0.789. The van der Waals surface area contributed by atoms with Crippen molar-refractivity contribution < 1.29 is 0 Å². The molecule has 1 aromatic heterocycles. The predicted molar refractivity (Wildman–Crippen MR) is 84.9 cm³/mol. The molecule has 1 fully saturated rings. The van der Waals surface area contributed by atoms with E-state index in [2.05, 4.69) is 48.6 Å². The van der Waals surface area contributed by atoms with Crippen LogP contribution < -0.4 is 0 Å². The van der Waals surface area contributed by atoms with Crippen LogP contribution in [0.3, 0.4) is 0 Å². The maximum atomic E-state index is 4.51. The molecular weight excluding hydrogens is 246 g/mol. The fourth-order valence-electron chi connectivity index (χ4n) is 2.88. The lowest BCUT2D eigenvalue weighted by Crippen LogP contribution is -2.36. The summed E-state index contributed by atoms with van der Waals surface area (Å²) in [6.07, 6.45) is 8.25. The van der Waals surface area contributed by atoms with E-state index in [-0.39, 0.29) is 0 Å². The molecule has 0 radical (unpaired) electrons. The average molecular weight is 277 g/mol. The topological polar surface area (TPSA) is 21.1 Å². The van der Waals surface area contributed by atoms with Crippen LogP contribution in [-0.2, 0) is 6.54 Å². The second-order valence-electron chi connectivity index (χ2n) is 7.12. The molecular formula is C17H31N3. The summed E-state index contributed by atoms with van der Waals surface area (Å²) < 4.78 is 2.16. The minimum atomic E-state index is 0.585. The first-order valence-corrected chi connectivity index (χ1v) is 8.29. The van der Waals surface area contributed by atoms with E-state index in [1.165, 1.54) is 44.5 Å². The van der Waals surface area contributed by atoms with Crippen molar-refractivity contribution in [2.24, 2.45) is 11.8 Å². The van der Waals surface area contributed by atoms with Crippen LogP contribution in [0.1, 0.15) is 58.4 Å². The third-order valence-corrected chi connectivity index (χ3v) is 4.49. The van der Waals surface area contributed by atoms with Gasteiger partial charge in [0.15, 0.2) is 0 Å². The minimum absolute atomic E-state index is 0.585. The number of rotatable bonds is 6. The molecule has 20 heavy (non-hydrogen) atoms. The van der Waals surface area contributed by atoms with Crippen molar-refractivity contribution in [2.45, 2.75) is 59.4 Å². The Bertz CT molecular complexity index is 387. The van der Waals surface area contributed by atoms with E-state index >= 15 is 0 Å². The van der Waals surface area contributed by atoms with Gasteiger partial charge in [-0.3, -0.25) is 4.68 Å². The molecule has 1 aliphatic heterocycles. The maximum Gasteiger partial charge on any atom is 0.0524 e. The Labute approximate surface area is 124 Å². The van der Waals surface area contributed by atoms with Crippen LogP contribution in [0.5, 0.6) is 0 Å². The molecule has 0 spiro atoms. The summed E-state index contributed by atoms with van der Waals surface area (Å²) in [4.78, 5) is 2.64. The van der Waals surface area contributed by atoms with Crippen molar-refractivity contribution in [3.8, 4) is 0 Å². The van der Waals surface area contributed by atoms with Crippen LogP contribution in [0.25, 0.3) is 0 Å². The monoisotopic (exact) mass is 277 g/mol. The number of aromatic nitrogens is 2. The predicted octanol–water partition coefficient (Wildman–Crippen LogP) is 3.76. The standard InChI is InChI=1S/C17H31N3/c1-14(2)5-8-19-9-6-16(7-10-19)12-20-13-17(11-18-20)15(3)4/h11,13-16H,5-10,12H2,1-4H3. The lowest BCUT2D eigenvalue weighted by molar-refractivity contribution is 0.164. The van der Waals surface area contributed by atoms with Crippen LogP contribution in [-0.4, -0.2) is 34.3 Å². The van der Waals surface area contributed by atoms with E-state index in [1.807, 2.05) is 6.20 Å². The molecule has 0 atom stereocenters. The summed E-state index contributed by atoms with van der Waals surface area (Å²) in [6.45, 7) is 14.0. The molecule has 0 aromatic carbocycles. The van der Waals surface area contributed by atoms with Crippen molar-refractivity contribution in [3.05, 3.63) is 18.0 Å². The summed E-state index contributed by atoms with van der Waals surface area (Å²) >= 11 is 0. The van der Waals surface area contributed by atoms with Crippen LogP contribution in [0.4, 0.5) is 0 Å². The van der Waals surface area contributed by atoms with Crippen LogP contribution in [0.2, 0.25) is 0 Å². The van der Waals surface area contributed by atoms with Crippen molar-refractivity contribution in [2.75, 3.05) is 19.6 Å². The van der Waals surface area contributed by atoms with E-state index in [1.54, 1.807) is 0 Å². The SMILES string of the molecule is CC(C)CCN1CCC(Cn2cc(C(C)C)cn2)CC1. The second kappa shape index (κ2) is 7.26. The van der Waals surface area contributed by atoms with Crippen LogP contribution in [0, 0.1) is 11.8 Å². The van der Waals surface area contributed by atoms with Gasteiger partial charge < -0.3 is 4.90 Å². The van der Waals surface area contributed by atoms with E-state index in [9.17, 15) is 0 Å². The second-order valence-corrected chi connectivity index (χ2v) is 7.12. The lowest BCUT2D eigenvalue weighted by atomic mass is 9.96. The zero-order valence-electron chi connectivity index (χ0n) is 13.7. The lowest BCUT2D eigenvalue weighted by Gasteiger charge is -2.32. The fourth-order valence-corrected chi connectivity index (χ4v) is 2.88. The Morgan fingerprint density at radius 3 is 2.45 bits per heavy atom. The summed E-state index contributed by atoms with van der Waals surface area (Å²) in [5.41, 5.74) is 1.36. The zero-order chi connectivity index (χ0) is 14.5. The van der Waals surface area contributed by atoms with Gasteiger partial charge in [0.05, 0.1) is 6.20 Å². The number of likely N-dealkylation sites (tertiary alicyclic amines) is 1. The molecule has 0 unspecified atom stereocenters. The van der Waals surface area contributed by atoms with Crippen molar-refractivity contribution in [1.82, 2.24) is 14.7 Å². The highest BCUT2D eigenvalue weighted by Gasteiger charge is 2.19. The van der Waals surface area contributed by atoms with Crippen LogP contribution >= 0.6 is 0 Å². The number of hydrogen-bond donors (Lipinski definition) is 0. The third-order valence-electron chi connectivity index (χ3n) is 4.49. The highest BCUT2D eigenvalue weighted by Crippen LogP contribution is 2.20. The van der Waals surface area contributed by atoms with Gasteiger partial charge in [0.1, 0.15) is 0 Å². The van der Waals surface area contributed by atoms with Gasteiger partial charge in [0, 0.05) is 12.7 Å². The Balaban J connectivity index is 1.73. The number of hydrogen-bond acceptors (Lipinski definition) is 2. The largest absolute Gasteiger partial charge is 0.303 e. The maximum absolute atomic E-state index is 4.51. The van der Waals surface area contributed by atoms with E-state index in [0.29, 0.717) is 5.92 Å². The Morgan fingerprint density at radius 1 is 1.20 bits per heavy atom. The van der Waals surface area contributed by atoms with Crippen LogP contribution in [0.15, 0.2) is 12.4 Å². The van der Waals surface area contributed by atoms with E-state index < -0.39 is 0 Å². The molecule has 2 heterocycles. The molecule has 3 heteroatoms. The third kappa shape index (κ3) is 4.62. The van der Waals surface area contributed by atoms with Gasteiger partial charge in [-0.1, -0.05) is 27.7 Å². The first-order valence-electron chi connectivity index (χ1n) is 8.29. The molecule has 0 saturated carbocycles. The highest BCUT2D eigenvalue weighted by molar-refractivity contribution is 5.08. The van der Waals surface area contributed by atoms with Gasteiger partial charge >= 0.3 is 0 Å². The Kier molecular flexibility index (Phi) is 5.64. The molecule has 0 aliphatic carbocycles. The average Bonchev–Trinajstić information content (AvgIpc) is 2.86. The molecule has 2 rings (SSSR count). The Morgan fingerprint density at radius 2 is 1.90 bits per heavy atom. The van der Waals surface area contributed by atoms with Crippen molar-refractivity contribution in [1.29, 1.82) is 0 Å². The first-order chi connectivity index (χ1) is 9.54. The summed E-state index contributed by atoms with van der Waals surface area (Å²) in [6, 6.07) is 0. The van der Waals surface area contributed by atoms with E-state index in [4.69, 9.17) is 0 Å². The molecule has 0 amide bonds. The summed E-state index contributed by atoms with van der Waals surface area (Å²) in [5.74, 6) is 2.22. The van der Waals surface area contributed by atoms with E-state index in [0.717, 1.165) is 18.4 Å². The number of piperidine rings is 1. The molecule has 114 valence electrons. The molecule has 1 saturated heterocycles. The van der Waals surface area contributed by atoms with Gasteiger partial charge in [-0.05, 0) is 62.2 Å². The molecule has 1 aliphatic rings. The van der Waals surface area contributed by atoms with Gasteiger partial charge in [-0.25, -0.2) is 0 Å². The van der Waals surface area contributed by atoms with Gasteiger partial charge in [0.25, 0.3) is 0 Å². The molecule has 0 N–H and O–H groups in total. The fraction of sp³-hybridized carbons (Fsp3) is 0.824. The normalized spacial score (nSPS) is 18.3. The zero-order valence-corrected chi connectivity index (χ0v) is 13.7. The van der Waals surface area contributed by atoms with Crippen molar-refractivity contribution >= 4 is 0 Å². The highest BCUT2D eigenvalue weighted by atomic mass is 15.3. The Hall–Kier alpha value is -0.830. The summed E-state index contributed by atoms with van der Waals surface area (Å²) in [7, 11) is 0. The van der Waals surface area contributed by atoms with Gasteiger partial charge in [-0.15, -0.1) is 0 Å². The van der Waals surface area contributed by atoms with Crippen molar-refractivity contribution in [3.63, 3.8) is 0 Å². The molecule has 3 nitrogen and oxygen atoms in total. The molecule has 0 bridgehead atoms. The minimum Gasteiger partial charge on any atom is -0.303 e. The molecule has 1 aromatic rings.